The summed E-state index contributed by atoms with van der Waals surface area (Å²) in [6.07, 6.45) is 2.13. The number of hydrogen-bond donors (Lipinski definition) is 0. The summed E-state index contributed by atoms with van der Waals surface area (Å²) in [6, 6.07) is 22.2. The second-order valence-electron chi connectivity index (χ2n) is 9.82. The van der Waals surface area contributed by atoms with Crippen LogP contribution in [0.15, 0.2) is 60.7 Å². The topological polar surface area (TPSA) is 21.7 Å². The van der Waals surface area contributed by atoms with Crippen molar-refractivity contribution in [1.29, 1.82) is 0 Å². The monoisotopic (exact) mass is 461 g/mol. The molecule has 5 rings (SSSR count). The summed E-state index contributed by atoms with van der Waals surface area (Å²) in [5, 5.41) is 0.779. The lowest BCUT2D eigenvalue weighted by molar-refractivity contribution is 0.154. The first-order chi connectivity index (χ1) is 16.0. The quantitative estimate of drug-likeness (QED) is 0.388. The molecule has 3 nitrogen and oxygen atoms in total. The average Bonchev–Trinajstić information content (AvgIpc) is 3.26. The van der Waals surface area contributed by atoms with Gasteiger partial charge in [0.1, 0.15) is 0 Å². The van der Waals surface area contributed by atoms with E-state index in [-0.39, 0.29) is 6.04 Å². The van der Waals surface area contributed by atoms with Crippen molar-refractivity contribution >= 4 is 11.6 Å². The first-order valence-corrected chi connectivity index (χ1v) is 12.4. The molecular weight excluding hydrogens is 430 g/mol. The summed E-state index contributed by atoms with van der Waals surface area (Å²) in [4.78, 5) is 2.61. The van der Waals surface area contributed by atoms with Crippen LogP contribution in [0.2, 0.25) is 5.02 Å². The second-order valence-corrected chi connectivity index (χ2v) is 10.3. The van der Waals surface area contributed by atoms with Gasteiger partial charge in [0.2, 0.25) is 6.79 Å². The van der Waals surface area contributed by atoms with Crippen LogP contribution in [0.4, 0.5) is 0 Å². The molecule has 33 heavy (non-hydrogen) atoms. The van der Waals surface area contributed by atoms with Gasteiger partial charge in [-0.05, 0) is 70.8 Å². The van der Waals surface area contributed by atoms with E-state index in [1.54, 1.807) is 0 Å². The maximum atomic E-state index is 6.14. The molecule has 0 radical (unpaired) electrons. The van der Waals surface area contributed by atoms with Crippen LogP contribution >= 0.6 is 11.6 Å². The lowest BCUT2D eigenvalue weighted by Gasteiger charge is -2.41. The molecule has 4 heteroatoms. The van der Waals surface area contributed by atoms with Crippen molar-refractivity contribution in [3.63, 3.8) is 0 Å². The van der Waals surface area contributed by atoms with E-state index >= 15 is 0 Å². The highest BCUT2D eigenvalue weighted by molar-refractivity contribution is 6.30. The highest BCUT2D eigenvalue weighted by Crippen LogP contribution is 2.45. The first-order valence-electron chi connectivity index (χ1n) is 12.0. The third-order valence-electron chi connectivity index (χ3n) is 6.94. The molecule has 0 bridgehead atoms. The number of hydrogen-bond acceptors (Lipinski definition) is 3. The van der Waals surface area contributed by atoms with Gasteiger partial charge >= 0.3 is 0 Å². The van der Waals surface area contributed by atoms with Crippen molar-refractivity contribution in [3.8, 4) is 11.5 Å². The predicted octanol–water partition coefficient (Wildman–Crippen LogP) is 7.17. The number of fused-ring (bicyclic) bond motifs is 2. The van der Waals surface area contributed by atoms with Gasteiger partial charge in [0.15, 0.2) is 11.5 Å². The van der Waals surface area contributed by atoms with E-state index in [0.717, 1.165) is 42.5 Å². The van der Waals surface area contributed by atoms with E-state index in [1.165, 1.54) is 27.8 Å². The van der Waals surface area contributed by atoms with Gasteiger partial charge in [-0.2, -0.15) is 0 Å². The van der Waals surface area contributed by atoms with Gasteiger partial charge in [-0.3, -0.25) is 4.90 Å². The molecule has 3 aromatic carbocycles. The molecule has 2 atom stereocenters. The second kappa shape index (κ2) is 9.40. The van der Waals surface area contributed by atoms with Gasteiger partial charge in [-0.15, -0.1) is 0 Å². The number of ether oxygens (including phenoxy) is 2. The van der Waals surface area contributed by atoms with Crippen molar-refractivity contribution in [2.24, 2.45) is 5.92 Å². The summed E-state index contributed by atoms with van der Waals surface area (Å²) in [7, 11) is 0. The molecule has 2 heterocycles. The molecule has 0 aliphatic carbocycles. The zero-order valence-corrected chi connectivity index (χ0v) is 20.4. The number of nitrogens with zero attached hydrogens (tertiary/aromatic N) is 1. The van der Waals surface area contributed by atoms with Crippen molar-refractivity contribution in [3.05, 3.63) is 93.5 Å². The maximum Gasteiger partial charge on any atom is 0.231 e. The Bertz CT molecular complexity index is 1110. The Labute approximate surface area is 202 Å². The van der Waals surface area contributed by atoms with Gasteiger partial charge in [0.25, 0.3) is 0 Å². The minimum absolute atomic E-state index is 0.259. The molecule has 0 unspecified atom stereocenters. The van der Waals surface area contributed by atoms with Gasteiger partial charge in [-0.25, -0.2) is 0 Å². The largest absolute Gasteiger partial charge is 0.454 e. The van der Waals surface area contributed by atoms with Crippen LogP contribution in [0.5, 0.6) is 11.5 Å². The molecule has 0 aromatic heterocycles. The summed E-state index contributed by atoms with van der Waals surface area (Å²) < 4.78 is 11.4. The number of halogens is 1. The summed E-state index contributed by atoms with van der Waals surface area (Å²) in [5.41, 5.74) is 6.80. The molecule has 172 valence electrons. The fourth-order valence-electron chi connectivity index (χ4n) is 5.29. The van der Waals surface area contributed by atoms with E-state index in [1.807, 2.05) is 12.1 Å². The van der Waals surface area contributed by atoms with Crippen LogP contribution in [0.25, 0.3) is 0 Å². The van der Waals surface area contributed by atoms with E-state index in [2.05, 4.69) is 74.2 Å². The van der Waals surface area contributed by atoms with Crippen LogP contribution in [0.1, 0.15) is 60.5 Å². The summed E-state index contributed by atoms with van der Waals surface area (Å²) in [6.45, 7) is 9.12. The Morgan fingerprint density at radius 2 is 1.58 bits per heavy atom. The summed E-state index contributed by atoms with van der Waals surface area (Å²) in [5.74, 6) is 2.75. The average molecular weight is 462 g/mol. The molecule has 0 spiro atoms. The fourth-order valence-corrected chi connectivity index (χ4v) is 5.42. The fraction of sp³-hybridized carbons (Fsp3) is 0.379. The van der Waals surface area contributed by atoms with E-state index in [0.29, 0.717) is 18.6 Å². The Balaban J connectivity index is 1.49. The molecule has 2 aliphatic heterocycles. The van der Waals surface area contributed by atoms with E-state index in [4.69, 9.17) is 21.1 Å². The molecular formula is C29H32ClNO2. The van der Waals surface area contributed by atoms with Gasteiger partial charge < -0.3 is 9.47 Å². The predicted molar refractivity (Wildman–Crippen MR) is 134 cm³/mol. The Morgan fingerprint density at radius 1 is 0.909 bits per heavy atom. The van der Waals surface area contributed by atoms with Crippen molar-refractivity contribution < 1.29 is 9.47 Å². The molecule has 0 saturated carbocycles. The Morgan fingerprint density at radius 3 is 2.27 bits per heavy atom. The Hall–Kier alpha value is -2.49. The van der Waals surface area contributed by atoms with Crippen LogP contribution in [-0.4, -0.2) is 18.2 Å². The highest BCUT2D eigenvalue weighted by atomic mass is 35.5. The molecule has 3 aromatic rings. The van der Waals surface area contributed by atoms with Crippen LogP contribution in [0, 0.1) is 5.92 Å². The smallest absolute Gasteiger partial charge is 0.231 e. The molecule has 0 amide bonds. The lowest BCUT2D eigenvalue weighted by Crippen LogP contribution is -2.37. The maximum absolute atomic E-state index is 6.14. The van der Waals surface area contributed by atoms with Crippen molar-refractivity contribution in [2.45, 2.75) is 52.1 Å². The van der Waals surface area contributed by atoms with E-state index < -0.39 is 0 Å². The summed E-state index contributed by atoms with van der Waals surface area (Å²) >= 11 is 6.14. The third-order valence-corrected chi connectivity index (χ3v) is 7.19. The van der Waals surface area contributed by atoms with Gasteiger partial charge in [-0.1, -0.05) is 68.8 Å². The molecule has 2 aliphatic rings. The zero-order valence-electron chi connectivity index (χ0n) is 19.7. The molecule has 0 saturated heterocycles. The molecule has 0 fully saturated rings. The third kappa shape index (κ3) is 4.76. The lowest BCUT2D eigenvalue weighted by atomic mass is 9.81. The normalized spacial score (nSPS) is 18.4. The van der Waals surface area contributed by atoms with Gasteiger partial charge in [0, 0.05) is 30.1 Å². The minimum atomic E-state index is 0.259. The number of benzene rings is 3. The zero-order chi connectivity index (χ0) is 22.9. The van der Waals surface area contributed by atoms with Crippen LogP contribution < -0.4 is 9.47 Å². The van der Waals surface area contributed by atoms with E-state index in [9.17, 15) is 0 Å². The minimum Gasteiger partial charge on any atom is -0.454 e. The highest BCUT2D eigenvalue weighted by Gasteiger charge is 2.34. The first kappa shape index (κ1) is 22.3. The van der Waals surface area contributed by atoms with Crippen molar-refractivity contribution in [2.75, 3.05) is 13.3 Å². The SMILES string of the molecule is CC(C)Cc1ccc([C@@H](C)[C@@H]2c3cc4c(cc3CCN2Cc2ccc(Cl)cc2)OCO4)cc1. The van der Waals surface area contributed by atoms with Gasteiger partial charge in [0.05, 0.1) is 0 Å². The molecule has 0 N–H and O–H groups in total. The van der Waals surface area contributed by atoms with Crippen molar-refractivity contribution in [1.82, 2.24) is 4.90 Å². The van der Waals surface area contributed by atoms with Crippen LogP contribution in [-0.2, 0) is 19.4 Å². The van der Waals surface area contributed by atoms with Crippen LogP contribution in [0.3, 0.4) is 0 Å². The standard InChI is InChI=1S/C29H32ClNO2/c1-19(2)14-21-4-8-23(9-5-21)20(3)29-26-16-28-27(32-18-33-28)15-24(26)12-13-31(29)17-22-6-10-25(30)11-7-22/h4-11,15-16,19-20,29H,12-14,17-18H2,1-3H3/t20-,29-/m1/s1. The Kier molecular flexibility index (Phi) is 6.36. The number of rotatable bonds is 6.